The third-order valence-electron chi connectivity index (χ3n) is 5.05. The SMILES string of the molecule is CC12CC3CC1(C)CC(C2)C3=O. The summed E-state index contributed by atoms with van der Waals surface area (Å²) in [6, 6.07) is 0. The molecule has 4 bridgehead atoms. The average molecular weight is 164 g/mol. The van der Waals surface area contributed by atoms with Crippen molar-refractivity contribution in [1.29, 1.82) is 0 Å². The molecule has 4 aliphatic carbocycles. The van der Waals surface area contributed by atoms with Gasteiger partial charge in [0.15, 0.2) is 0 Å². The first-order valence-corrected chi connectivity index (χ1v) is 5.08. The number of rotatable bonds is 0. The number of carbonyl (C=O) groups excluding carboxylic acids is 1. The Labute approximate surface area is 73.5 Å². The molecule has 0 heterocycles. The molecule has 0 aromatic carbocycles. The van der Waals surface area contributed by atoms with Crippen LogP contribution in [0.3, 0.4) is 0 Å². The first-order chi connectivity index (χ1) is 5.54. The van der Waals surface area contributed by atoms with Gasteiger partial charge in [-0.05, 0) is 36.5 Å². The lowest BCUT2D eigenvalue weighted by Crippen LogP contribution is -2.28. The molecule has 4 rings (SSSR count). The molecule has 12 heavy (non-hydrogen) atoms. The number of carbonyl (C=O) groups is 1. The fourth-order valence-corrected chi connectivity index (χ4v) is 4.21. The van der Waals surface area contributed by atoms with E-state index in [1.165, 1.54) is 25.7 Å². The minimum atomic E-state index is 0.451. The molecule has 0 aliphatic heterocycles. The number of hydrogen-bond acceptors (Lipinski definition) is 1. The molecule has 66 valence electrons. The van der Waals surface area contributed by atoms with Crippen LogP contribution in [-0.4, -0.2) is 5.78 Å². The van der Waals surface area contributed by atoms with Crippen molar-refractivity contribution >= 4 is 5.78 Å². The zero-order valence-electron chi connectivity index (χ0n) is 7.89. The van der Waals surface area contributed by atoms with Gasteiger partial charge in [-0.2, -0.15) is 0 Å². The van der Waals surface area contributed by atoms with E-state index in [9.17, 15) is 4.79 Å². The first-order valence-electron chi connectivity index (χ1n) is 5.08. The smallest absolute Gasteiger partial charge is 0.139 e. The summed E-state index contributed by atoms with van der Waals surface area (Å²) in [7, 11) is 0. The molecule has 0 aromatic heterocycles. The van der Waals surface area contributed by atoms with E-state index in [0.29, 0.717) is 28.4 Å². The van der Waals surface area contributed by atoms with Gasteiger partial charge in [-0.3, -0.25) is 4.79 Å². The summed E-state index contributed by atoms with van der Waals surface area (Å²) in [4.78, 5) is 11.7. The van der Waals surface area contributed by atoms with Crippen molar-refractivity contribution in [2.24, 2.45) is 22.7 Å². The molecule has 0 unspecified atom stereocenters. The highest BCUT2D eigenvalue weighted by molar-refractivity contribution is 5.86. The van der Waals surface area contributed by atoms with Gasteiger partial charge < -0.3 is 0 Å². The second-order valence-corrected chi connectivity index (χ2v) is 5.73. The second-order valence-electron chi connectivity index (χ2n) is 5.73. The lowest BCUT2D eigenvalue weighted by molar-refractivity contribution is -0.129. The van der Waals surface area contributed by atoms with E-state index in [1.54, 1.807) is 0 Å². The maximum atomic E-state index is 11.7. The number of Topliss-reactive ketones (excluding diaryl/α,β-unsaturated/α-hetero) is 1. The standard InChI is InChI=1S/C11H16O/c1-10-3-7-5-11(10,2)6-8(4-10)9(7)12/h7-8H,3-6H2,1-2H3. The van der Waals surface area contributed by atoms with Gasteiger partial charge in [0, 0.05) is 11.8 Å². The Kier molecular flexibility index (Phi) is 0.971. The fourth-order valence-electron chi connectivity index (χ4n) is 4.21. The van der Waals surface area contributed by atoms with Gasteiger partial charge in [0.25, 0.3) is 0 Å². The summed E-state index contributed by atoms with van der Waals surface area (Å²) < 4.78 is 0. The van der Waals surface area contributed by atoms with Gasteiger partial charge in [0.2, 0.25) is 0 Å². The van der Waals surface area contributed by atoms with Gasteiger partial charge >= 0.3 is 0 Å². The van der Waals surface area contributed by atoms with Crippen LogP contribution in [0.15, 0.2) is 0 Å². The molecule has 0 spiro atoms. The molecule has 0 N–H and O–H groups in total. The topological polar surface area (TPSA) is 17.1 Å². The van der Waals surface area contributed by atoms with E-state index in [-0.39, 0.29) is 0 Å². The average Bonchev–Trinajstić information content (AvgIpc) is 2.27. The van der Waals surface area contributed by atoms with Crippen LogP contribution in [0.4, 0.5) is 0 Å². The first kappa shape index (κ1) is 7.11. The normalized spacial score (nSPS) is 61.7. The van der Waals surface area contributed by atoms with Crippen LogP contribution in [0.2, 0.25) is 0 Å². The zero-order valence-corrected chi connectivity index (χ0v) is 7.89. The van der Waals surface area contributed by atoms with Gasteiger partial charge in [0.05, 0.1) is 0 Å². The van der Waals surface area contributed by atoms with Crippen LogP contribution in [0, 0.1) is 22.7 Å². The highest BCUT2D eigenvalue weighted by Crippen LogP contribution is 2.70. The van der Waals surface area contributed by atoms with Crippen molar-refractivity contribution in [2.75, 3.05) is 0 Å². The lowest BCUT2D eigenvalue weighted by Gasteiger charge is -2.33. The van der Waals surface area contributed by atoms with Gasteiger partial charge in [-0.25, -0.2) is 0 Å². The second kappa shape index (κ2) is 1.64. The Bertz CT molecular complexity index is 228. The minimum Gasteiger partial charge on any atom is -0.299 e. The Balaban J connectivity index is 2.13. The molecular weight excluding hydrogens is 148 g/mol. The fraction of sp³-hybridized carbons (Fsp3) is 0.909. The maximum absolute atomic E-state index is 11.7. The van der Waals surface area contributed by atoms with Crippen molar-refractivity contribution in [3.63, 3.8) is 0 Å². The lowest BCUT2D eigenvalue weighted by atomic mass is 9.71. The molecule has 1 nitrogen and oxygen atoms in total. The third kappa shape index (κ3) is 0.541. The molecule has 0 amide bonds. The third-order valence-corrected chi connectivity index (χ3v) is 5.05. The minimum absolute atomic E-state index is 0.451. The molecule has 4 aliphatic rings. The monoisotopic (exact) mass is 164 g/mol. The van der Waals surface area contributed by atoms with Gasteiger partial charge in [0.1, 0.15) is 5.78 Å². The van der Waals surface area contributed by atoms with Crippen molar-refractivity contribution in [1.82, 2.24) is 0 Å². The molecule has 4 fully saturated rings. The molecule has 0 aromatic rings. The Hall–Kier alpha value is -0.330. The predicted molar refractivity (Wildman–Crippen MR) is 46.7 cm³/mol. The quantitative estimate of drug-likeness (QED) is 0.537. The maximum Gasteiger partial charge on any atom is 0.139 e. The van der Waals surface area contributed by atoms with Crippen molar-refractivity contribution in [3.05, 3.63) is 0 Å². The summed E-state index contributed by atoms with van der Waals surface area (Å²) in [5, 5.41) is 0. The van der Waals surface area contributed by atoms with Crippen molar-refractivity contribution < 1.29 is 4.79 Å². The Morgan fingerprint density at radius 1 is 1.00 bits per heavy atom. The summed E-state index contributed by atoms with van der Waals surface area (Å²) in [6.07, 6.45) is 4.77. The molecule has 0 saturated heterocycles. The van der Waals surface area contributed by atoms with E-state index in [2.05, 4.69) is 13.8 Å². The number of hydrogen-bond donors (Lipinski definition) is 0. The summed E-state index contributed by atoms with van der Waals surface area (Å²) in [5.41, 5.74) is 1.05. The largest absolute Gasteiger partial charge is 0.299 e. The van der Waals surface area contributed by atoms with E-state index in [1.807, 2.05) is 0 Å². The van der Waals surface area contributed by atoms with Crippen LogP contribution in [0.25, 0.3) is 0 Å². The van der Waals surface area contributed by atoms with Crippen molar-refractivity contribution in [2.45, 2.75) is 39.5 Å². The van der Waals surface area contributed by atoms with Crippen LogP contribution >= 0.6 is 0 Å². The van der Waals surface area contributed by atoms with Gasteiger partial charge in [-0.15, -0.1) is 0 Å². The molecule has 1 heteroatoms. The highest BCUT2D eigenvalue weighted by atomic mass is 16.1. The van der Waals surface area contributed by atoms with E-state index in [0.717, 1.165) is 0 Å². The molecule has 4 saturated carbocycles. The highest BCUT2D eigenvalue weighted by Gasteiger charge is 2.65. The zero-order chi connectivity index (χ0) is 8.56. The summed E-state index contributed by atoms with van der Waals surface area (Å²) in [6.45, 7) is 4.80. The van der Waals surface area contributed by atoms with E-state index < -0.39 is 0 Å². The predicted octanol–water partition coefficient (Wildman–Crippen LogP) is 2.40. The molecule has 0 radical (unpaired) electrons. The van der Waals surface area contributed by atoms with E-state index >= 15 is 0 Å². The Morgan fingerprint density at radius 2 is 1.33 bits per heavy atom. The van der Waals surface area contributed by atoms with Crippen molar-refractivity contribution in [3.8, 4) is 0 Å². The summed E-state index contributed by atoms with van der Waals surface area (Å²) in [5.74, 6) is 1.50. The van der Waals surface area contributed by atoms with Gasteiger partial charge in [-0.1, -0.05) is 13.8 Å². The van der Waals surface area contributed by atoms with Crippen LogP contribution < -0.4 is 0 Å². The van der Waals surface area contributed by atoms with Crippen LogP contribution in [-0.2, 0) is 4.79 Å². The van der Waals surface area contributed by atoms with Crippen LogP contribution in [0.1, 0.15) is 39.5 Å². The number of ketones is 1. The molecular formula is C11H16O. The summed E-state index contributed by atoms with van der Waals surface area (Å²) >= 11 is 0. The molecule has 0 atom stereocenters. The van der Waals surface area contributed by atoms with E-state index in [4.69, 9.17) is 0 Å². The Morgan fingerprint density at radius 3 is 1.67 bits per heavy atom. The van der Waals surface area contributed by atoms with Crippen LogP contribution in [0.5, 0.6) is 0 Å².